The van der Waals surface area contributed by atoms with Gasteiger partial charge < -0.3 is 11.1 Å². The van der Waals surface area contributed by atoms with Crippen molar-refractivity contribution in [1.29, 1.82) is 0 Å². The Labute approximate surface area is 105 Å². The molecule has 1 amide bonds. The first-order chi connectivity index (χ1) is 8.58. The molecule has 0 aromatic carbocycles. The summed E-state index contributed by atoms with van der Waals surface area (Å²) in [5.74, 6) is 0.392. The first-order valence-electron chi connectivity index (χ1n) is 5.94. The van der Waals surface area contributed by atoms with Gasteiger partial charge >= 0.3 is 0 Å². The molecule has 6 heteroatoms. The summed E-state index contributed by atoms with van der Waals surface area (Å²) in [5.41, 5.74) is 7.29. The second-order valence-corrected chi connectivity index (χ2v) is 4.44. The number of anilines is 1. The predicted molar refractivity (Wildman–Crippen MR) is 69.8 cm³/mol. The summed E-state index contributed by atoms with van der Waals surface area (Å²) in [5, 5.41) is 2.84. The van der Waals surface area contributed by atoms with Crippen LogP contribution in [0.15, 0.2) is 18.3 Å². The highest BCUT2D eigenvalue weighted by atomic mass is 16.1. The maximum absolute atomic E-state index is 11.6. The maximum Gasteiger partial charge on any atom is 0.221 e. The van der Waals surface area contributed by atoms with Crippen LogP contribution in [0.3, 0.4) is 0 Å². The monoisotopic (exact) mass is 247 g/mol. The molecule has 0 fully saturated rings. The van der Waals surface area contributed by atoms with Gasteiger partial charge in [-0.3, -0.25) is 9.36 Å². The smallest absolute Gasteiger partial charge is 0.221 e. The van der Waals surface area contributed by atoms with Crippen LogP contribution in [0.1, 0.15) is 20.3 Å². The van der Waals surface area contributed by atoms with Crippen LogP contribution in [0, 0.1) is 0 Å². The highest BCUT2D eigenvalue weighted by Crippen LogP contribution is 2.15. The summed E-state index contributed by atoms with van der Waals surface area (Å²) < 4.78 is 1.76. The quantitative estimate of drug-likeness (QED) is 0.841. The van der Waals surface area contributed by atoms with Crippen LogP contribution in [-0.4, -0.2) is 26.5 Å². The first kappa shape index (κ1) is 12.3. The van der Waals surface area contributed by atoms with E-state index < -0.39 is 0 Å². The minimum absolute atomic E-state index is 0.00202. The van der Waals surface area contributed by atoms with Gasteiger partial charge in [-0.15, -0.1) is 0 Å². The van der Waals surface area contributed by atoms with E-state index in [-0.39, 0.29) is 11.9 Å². The number of carbonyl (C=O) groups excluding carboxylic acids is 1. The Hall–Kier alpha value is -2.11. The van der Waals surface area contributed by atoms with Crippen LogP contribution in [0.25, 0.3) is 11.2 Å². The van der Waals surface area contributed by atoms with Crippen LogP contribution in [-0.2, 0) is 11.3 Å². The van der Waals surface area contributed by atoms with Crippen molar-refractivity contribution >= 4 is 23.0 Å². The number of carbonyl (C=O) groups is 1. The topological polar surface area (TPSA) is 85.8 Å². The molecule has 0 aliphatic heterocycles. The number of aromatic nitrogens is 3. The van der Waals surface area contributed by atoms with Gasteiger partial charge in [0, 0.05) is 25.2 Å². The number of nitrogens with two attached hydrogens (primary N) is 1. The van der Waals surface area contributed by atoms with Crippen LogP contribution in [0.4, 0.5) is 5.95 Å². The van der Waals surface area contributed by atoms with Crippen molar-refractivity contribution in [3.8, 4) is 0 Å². The van der Waals surface area contributed by atoms with E-state index in [1.165, 1.54) is 0 Å². The van der Waals surface area contributed by atoms with Crippen LogP contribution in [0.2, 0.25) is 0 Å². The Morgan fingerprint density at radius 3 is 3.06 bits per heavy atom. The molecule has 2 rings (SSSR count). The molecule has 3 N–H and O–H groups in total. The Morgan fingerprint density at radius 1 is 1.56 bits per heavy atom. The van der Waals surface area contributed by atoms with Gasteiger partial charge in [-0.25, -0.2) is 9.97 Å². The minimum atomic E-state index is 0.00202. The average molecular weight is 247 g/mol. The molecule has 2 aromatic rings. The van der Waals surface area contributed by atoms with E-state index in [4.69, 9.17) is 5.73 Å². The molecule has 0 unspecified atom stereocenters. The SMILES string of the molecule is CC(C)NC(=O)CCn1c(N)nc2cccnc21. The number of aryl methyl sites for hydroxylation is 1. The third-order valence-electron chi connectivity index (χ3n) is 2.55. The van der Waals surface area contributed by atoms with Crippen molar-refractivity contribution in [2.45, 2.75) is 32.9 Å². The third kappa shape index (κ3) is 2.58. The van der Waals surface area contributed by atoms with Gasteiger partial charge in [0.25, 0.3) is 0 Å². The number of hydrogen-bond donors (Lipinski definition) is 2. The van der Waals surface area contributed by atoms with Crippen molar-refractivity contribution in [2.75, 3.05) is 5.73 Å². The number of nitrogen functional groups attached to an aromatic ring is 1. The number of nitrogens with one attached hydrogen (secondary N) is 1. The lowest BCUT2D eigenvalue weighted by Gasteiger charge is -2.09. The lowest BCUT2D eigenvalue weighted by atomic mass is 10.3. The van der Waals surface area contributed by atoms with Gasteiger partial charge in [0.2, 0.25) is 11.9 Å². The number of nitrogens with zero attached hydrogens (tertiary/aromatic N) is 3. The molecule has 0 radical (unpaired) electrons. The molecule has 0 aliphatic rings. The van der Waals surface area contributed by atoms with Crippen LogP contribution < -0.4 is 11.1 Å². The second-order valence-electron chi connectivity index (χ2n) is 4.44. The molecule has 2 aromatic heterocycles. The fourth-order valence-corrected chi connectivity index (χ4v) is 1.80. The molecule has 6 nitrogen and oxygen atoms in total. The molecule has 0 atom stereocenters. The third-order valence-corrected chi connectivity index (χ3v) is 2.55. The standard InChI is InChI=1S/C12H17N5O/c1-8(2)15-10(18)5-7-17-11-9(16-12(17)13)4-3-6-14-11/h3-4,6,8H,5,7H2,1-2H3,(H2,13,16)(H,15,18). The van der Waals surface area contributed by atoms with E-state index in [1.54, 1.807) is 10.8 Å². The fourth-order valence-electron chi connectivity index (χ4n) is 1.80. The number of rotatable bonds is 4. The molecule has 96 valence electrons. The molecule has 0 saturated heterocycles. The van der Waals surface area contributed by atoms with E-state index in [9.17, 15) is 4.79 Å². The van der Waals surface area contributed by atoms with Crippen LogP contribution >= 0.6 is 0 Å². The van der Waals surface area contributed by atoms with Crippen molar-refractivity contribution in [3.63, 3.8) is 0 Å². The van der Waals surface area contributed by atoms with E-state index in [0.29, 0.717) is 24.6 Å². The number of hydrogen-bond acceptors (Lipinski definition) is 4. The summed E-state index contributed by atoms with van der Waals surface area (Å²) >= 11 is 0. The highest BCUT2D eigenvalue weighted by Gasteiger charge is 2.10. The summed E-state index contributed by atoms with van der Waals surface area (Å²) in [6.07, 6.45) is 2.05. The van der Waals surface area contributed by atoms with E-state index in [0.717, 1.165) is 5.52 Å². The minimum Gasteiger partial charge on any atom is -0.369 e. The Balaban J connectivity index is 2.12. The zero-order valence-corrected chi connectivity index (χ0v) is 10.6. The van der Waals surface area contributed by atoms with Gasteiger partial charge in [0.15, 0.2) is 5.65 Å². The largest absolute Gasteiger partial charge is 0.369 e. The van der Waals surface area contributed by atoms with Gasteiger partial charge in [-0.05, 0) is 26.0 Å². The number of imidazole rings is 1. The number of amides is 1. The molecule has 0 bridgehead atoms. The predicted octanol–water partition coefficient (Wildman–Crippen LogP) is 0.928. The Bertz CT molecular complexity index is 561. The molecule has 0 spiro atoms. The summed E-state index contributed by atoms with van der Waals surface area (Å²) in [4.78, 5) is 20.0. The molecular weight excluding hydrogens is 230 g/mol. The first-order valence-corrected chi connectivity index (χ1v) is 5.94. The van der Waals surface area contributed by atoms with Gasteiger partial charge in [0.05, 0.1) is 0 Å². The van der Waals surface area contributed by atoms with Crippen molar-refractivity contribution < 1.29 is 4.79 Å². The van der Waals surface area contributed by atoms with Gasteiger partial charge in [0.1, 0.15) is 5.52 Å². The molecular formula is C12H17N5O. The average Bonchev–Trinajstić information content (AvgIpc) is 2.61. The lowest BCUT2D eigenvalue weighted by molar-refractivity contribution is -0.121. The fraction of sp³-hybridized carbons (Fsp3) is 0.417. The van der Waals surface area contributed by atoms with Crippen molar-refractivity contribution in [2.24, 2.45) is 0 Å². The van der Waals surface area contributed by atoms with Gasteiger partial charge in [-0.2, -0.15) is 0 Å². The number of fused-ring (bicyclic) bond motifs is 1. The zero-order valence-electron chi connectivity index (χ0n) is 10.6. The normalized spacial score (nSPS) is 11.1. The summed E-state index contributed by atoms with van der Waals surface area (Å²) in [6.45, 7) is 4.35. The Kier molecular flexibility index (Phi) is 3.45. The second kappa shape index (κ2) is 5.03. The van der Waals surface area contributed by atoms with E-state index >= 15 is 0 Å². The summed E-state index contributed by atoms with van der Waals surface area (Å²) in [7, 11) is 0. The molecule has 0 saturated carbocycles. The van der Waals surface area contributed by atoms with Crippen molar-refractivity contribution in [1.82, 2.24) is 19.9 Å². The highest BCUT2D eigenvalue weighted by molar-refractivity contribution is 5.77. The van der Waals surface area contributed by atoms with Crippen LogP contribution in [0.5, 0.6) is 0 Å². The zero-order chi connectivity index (χ0) is 13.1. The molecule has 18 heavy (non-hydrogen) atoms. The lowest BCUT2D eigenvalue weighted by Crippen LogP contribution is -2.30. The maximum atomic E-state index is 11.6. The molecule has 0 aliphatic carbocycles. The molecule has 2 heterocycles. The van der Waals surface area contributed by atoms with Gasteiger partial charge in [-0.1, -0.05) is 0 Å². The number of pyridine rings is 1. The summed E-state index contributed by atoms with van der Waals surface area (Å²) in [6, 6.07) is 3.81. The Morgan fingerprint density at radius 2 is 2.33 bits per heavy atom. The van der Waals surface area contributed by atoms with E-state index in [2.05, 4.69) is 15.3 Å². The van der Waals surface area contributed by atoms with E-state index in [1.807, 2.05) is 26.0 Å². The van der Waals surface area contributed by atoms with Crippen molar-refractivity contribution in [3.05, 3.63) is 18.3 Å².